The summed E-state index contributed by atoms with van der Waals surface area (Å²) in [5.74, 6) is 0.505. The molecule has 0 unspecified atom stereocenters. The fourth-order valence-electron chi connectivity index (χ4n) is 2.55. The number of ether oxygens (including phenoxy) is 1. The van der Waals surface area contributed by atoms with Gasteiger partial charge in [-0.05, 0) is 28.8 Å². The molecule has 4 heteroatoms. The van der Waals surface area contributed by atoms with Gasteiger partial charge in [-0.25, -0.2) is 4.79 Å². The van der Waals surface area contributed by atoms with Crippen molar-refractivity contribution in [1.29, 1.82) is 0 Å². The van der Waals surface area contributed by atoms with Crippen molar-refractivity contribution in [2.75, 3.05) is 0 Å². The lowest BCUT2D eigenvalue weighted by molar-refractivity contribution is 0.225. The van der Waals surface area contributed by atoms with Crippen LogP contribution in [0.1, 0.15) is 16.7 Å². The van der Waals surface area contributed by atoms with Gasteiger partial charge in [0.15, 0.2) is 0 Å². The van der Waals surface area contributed by atoms with Crippen molar-refractivity contribution < 1.29 is 9.53 Å². The Morgan fingerprint density at radius 1 is 1.10 bits per heavy atom. The predicted molar refractivity (Wildman–Crippen MR) is 77.7 cm³/mol. The maximum absolute atomic E-state index is 10.8. The minimum Gasteiger partial charge on any atom is -0.414 e. The summed E-state index contributed by atoms with van der Waals surface area (Å²) >= 11 is 5.23. The number of rotatable bonds is 3. The highest BCUT2D eigenvalue weighted by Crippen LogP contribution is 2.28. The van der Waals surface area contributed by atoms with E-state index in [0.717, 1.165) is 19.6 Å². The van der Waals surface area contributed by atoms with Crippen LogP contribution in [0.25, 0.3) is 0 Å². The number of hydrogen-bond donors (Lipinski definition) is 0. The van der Waals surface area contributed by atoms with Crippen LogP contribution < -0.4 is 4.74 Å². The Labute approximate surface area is 122 Å². The van der Waals surface area contributed by atoms with Gasteiger partial charge in [-0.3, -0.25) is 4.90 Å². The second-order valence-electron chi connectivity index (χ2n) is 4.90. The zero-order valence-electron chi connectivity index (χ0n) is 10.9. The molecule has 3 rings (SSSR count). The van der Waals surface area contributed by atoms with E-state index < -0.39 is 5.43 Å². The molecule has 0 aromatic heterocycles. The van der Waals surface area contributed by atoms with E-state index in [1.54, 1.807) is 6.07 Å². The van der Waals surface area contributed by atoms with Crippen LogP contribution in [0.4, 0.5) is 4.79 Å². The molecule has 0 aliphatic carbocycles. The van der Waals surface area contributed by atoms with E-state index in [4.69, 9.17) is 16.3 Å². The Morgan fingerprint density at radius 3 is 2.60 bits per heavy atom. The molecule has 3 nitrogen and oxygen atoms in total. The van der Waals surface area contributed by atoms with Gasteiger partial charge in [0, 0.05) is 31.2 Å². The Kier molecular flexibility index (Phi) is 3.72. The number of benzene rings is 2. The Bertz CT molecular complexity index is 628. The monoisotopic (exact) mass is 287 g/mol. The third-order valence-electron chi connectivity index (χ3n) is 3.41. The number of carbonyl (C=O) groups excluding carboxylic acids is 1. The molecule has 0 atom stereocenters. The van der Waals surface area contributed by atoms with Gasteiger partial charge >= 0.3 is 5.43 Å². The molecule has 2 aromatic rings. The van der Waals surface area contributed by atoms with Crippen LogP contribution in [-0.2, 0) is 19.6 Å². The second kappa shape index (κ2) is 5.65. The number of nitrogens with zero attached hydrogens (tertiary/aromatic N) is 1. The highest BCUT2D eigenvalue weighted by atomic mass is 35.5. The minimum absolute atomic E-state index is 0.505. The third-order valence-corrected chi connectivity index (χ3v) is 3.49. The summed E-state index contributed by atoms with van der Waals surface area (Å²) < 4.78 is 4.90. The summed E-state index contributed by atoms with van der Waals surface area (Å²) in [7, 11) is 0. The van der Waals surface area contributed by atoms with E-state index in [2.05, 4.69) is 29.2 Å². The summed E-state index contributed by atoms with van der Waals surface area (Å²) in [5, 5.41) is 0. The van der Waals surface area contributed by atoms with Crippen molar-refractivity contribution in [1.82, 2.24) is 4.90 Å². The fraction of sp³-hybridized carbons (Fsp3) is 0.188. The van der Waals surface area contributed by atoms with E-state index in [1.807, 2.05) is 18.2 Å². The van der Waals surface area contributed by atoms with Crippen LogP contribution in [0, 0.1) is 0 Å². The van der Waals surface area contributed by atoms with Gasteiger partial charge in [0.2, 0.25) is 0 Å². The van der Waals surface area contributed by atoms with Crippen molar-refractivity contribution in [3.8, 4) is 5.75 Å². The van der Waals surface area contributed by atoms with E-state index in [9.17, 15) is 4.79 Å². The van der Waals surface area contributed by atoms with E-state index in [-0.39, 0.29) is 0 Å². The average molecular weight is 288 g/mol. The summed E-state index contributed by atoms with van der Waals surface area (Å²) in [6.07, 6.45) is 0. The van der Waals surface area contributed by atoms with Crippen molar-refractivity contribution in [2.45, 2.75) is 19.6 Å². The molecule has 0 N–H and O–H groups in total. The van der Waals surface area contributed by atoms with Crippen LogP contribution in [0.5, 0.6) is 5.75 Å². The first kappa shape index (κ1) is 13.2. The van der Waals surface area contributed by atoms with Gasteiger partial charge in [0.1, 0.15) is 5.75 Å². The van der Waals surface area contributed by atoms with Crippen molar-refractivity contribution >= 4 is 17.0 Å². The first-order valence-corrected chi connectivity index (χ1v) is 6.84. The van der Waals surface area contributed by atoms with Crippen LogP contribution in [0.15, 0.2) is 48.5 Å². The summed E-state index contributed by atoms with van der Waals surface area (Å²) in [6, 6.07) is 16.1. The summed E-state index contributed by atoms with van der Waals surface area (Å²) in [4.78, 5) is 13.1. The fourth-order valence-corrected chi connectivity index (χ4v) is 2.64. The van der Waals surface area contributed by atoms with Gasteiger partial charge < -0.3 is 4.74 Å². The van der Waals surface area contributed by atoms with Crippen LogP contribution in [0.3, 0.4) is 0 Å². The van der Waals surface area contributed by atoms with E-state index in [0.29, 0.717) is 5.75 Å². The number of hydrogen-bond acceptors (Lipinski definition) is 3. The third kappa shape index (κ3) is 3.00. The number of fused-ring (bicyclic) bond motifs is 1. The van der Waals surface area contributed by atoms with E-state index in [1.165, 1.54) is 16.7 Å². The highest BCUT2D eigenvalue weighted by molar-refractivity contribution is 6.61. The second-order valence-corrected chi connectivity index (χ2v) is 5.21. The molecule has 0 fully saturated rings. The lowest BCUT2D eigenvalue weighted by atomic mass is 10.1. The maximum atomic E-state index is 10.8. The minimum atomic E-state index is -0.802. The lowest BCUT2D eigenvalue weighted by Gasteiger charge is -2.14. The van der Waals surface area contributed by atoms with Gasteiger partial charge in [0.25, 0.3) is 0 Å². The average Bonchev–Trinajstić information content (AvgIpc) is 2.80. The molecule has 0 bridgehead atoms. The standard InChI is InChI=1S/C16H14ClNO2/c17-16(19)20-15-7-6-13-10-18(11-14(13)8-15)9-12-4-2-1-3-5-12/h1-8H,9-11H2. The smallest absolute Gasteiger partial charge is 0.409 e. The topological polar surface area (TPSA) is 29.5 Å². The first-order chi connectivity index (χ1) is 9.70. The lowest BCUT2D eigenvalue weighted by Crippen LogP contribution is -2.15. The number of carbonyl (C=O) groups is 1. The Balaban J connectivity index is 1.70. The molecule has 2 aromatic carbocycles. The molecule has 0 saturated carbocycles. The van der Waals surface area contributed by atoms with Gasteiger partial charge in [-0.15, -0.1) is 0 Å². The van der Waals surface area contributed by atoms with Crippen LogP contribution >= 0.6 is 11.6 Å². The molecule has 0 spiro atoms. The zero-order valence-corrected chi connectivity index (χ0v) is 11.6. The molecule has 1 heterocycles. The maximum Gasteiger partial charge on any atom is 0.409 e. The molecular formula is C16H14ClNO2. The van der Waals surface area contributed by atoms with Crippen molar-refractivity contribution in [3.63, 3.8) is 0 Å². The van der Waals surface area contributed by atoms with E-state index >= 15 is 0 Å². The SMILES string of the molecule is O=C(Cl)Oc1ccc2c(c1)CN(Cc1ccccc1)C2. The van der Waals surface area contributed by atoms with Gasteiger partial charge in [-0.2, -0.15) is 0 Å². The molecule has 0 amide bonds. The molecule has 1 aliphatic rings. The molecule has 0 radical (unpaired) electrons. The molecule has 1 aliphatic heterocycles. The predicted octanol–water partition coefficient (Wildman–Crippen LogP) is 3.94. The molecule has 20 heavy (non-hydrogen) atoms. The van der Waals surface area contributed by atoms with Crippen molar-refractivity contribution in [2.24, 2.45) is 0 Å². The quantitative estimate of drug-likeness (QED) is 0.801. The molecule has 102 valence electrons. The first-order valence-electron chi connectivity index (χ1n) is 6.46. The Hall–Kier alpha value is -1.84. The largest absolute Gasteiger partial charge is 0.414 e. The van der Waals surface area contributed by atoms with Crippen LogP contribution in [0.2, 0.25) is 0 Å². The highest BCUT2D eigenvalue weighted by Gasteiger charge is 2.19. The zero-order chi connectivity index (χ0) is 13.9. The van der Waals surface area contributed by atoms with Crippen molar-refractivity contribution in [3.05, 3.63) is 65.2 Å². The summed E-state index contributed by atoms with van der Waals surface area (Å²) in [5.41, 5.74) is 2.96. The molecular weight excluding hydrogens is 274 g/mol. The summed E-state index contributed by atoms with van der Waals surface area (Å²) in [6.45, 7) is 2.69. The van der Waals surface area contributed by atoms with Gasteiger partial charge in [0.05, 0.1) is 0 Å². The Morgan fingerprint density at radius 2 is 1.85 bits per heavy atom. The normalized spacial score (nSPS) is 14.1. The van der Waals surface area contributed by atoms with Crippen LogP contribution in [-0.4, -0.2) is 10.3 Å². The molecule has 0 saturated heterocycles. The van der Waals surface area contributed by atoms with Gasteiger partial charge in [-0.1, -0.05) is 36.4 Å². The number of halogens is 1.